The Morgan fingerprint density at radius 1 is 1.29 bits per heavy atom. The number of anilines is 1. The SMILES string of the molecule is C/C(Cl)=C/CC/C(C)=C/C=N/Nc1ccc([N+](=O)[O-])cc1[N+](=O)[O-]. The topological polar surface area (TPSA) is 111 Å². The first-order chi connectivity index (χ1) is 11.3. The van der Waals surface area contributed by atoms with Gasteiger partial charge in [-0.25, -0.2) is 0 Å². The number of hydrogen-bond acceptors (Lipinski definition) is 6. The van der Waals surface area contributed by atoms with Gasteiger partial charge in [0.2, 0.25) is 0 Å². The fraction of sp³-hybridized carbons (Fsp3) is 0.267. The number of benzene rings is 1. The summed E-state index contributed by atoms with van der Waals surface area (Å²) in [4.78, 5) is 20.2. The lowest BCUT2D eigenvalue weighted by atomic mass is 10.1. The normalized spacial score (nSPS) is 12.5. The van der Waals surface area contributed by atoms with Crippen LogP contribution in [0.5, 0.6) is 0 Å². The molecule has 0 saturated carbocycles. The van der Waals surface area contributed by atoms with E-state index in [4.69, 9.17) is 11.6 Å². The summed E-state index contributed by atoms with van der Waals surface area (Å²) in [6, 6.07) is 3.31. The number of hydrogen-bond donors (Lipinski definition) is 1. The van der Waals surface area contributed by atoms with Crippen molar-refractivity contribution in [2.75, 3.05) is 5.43 Å². The summed E-state index contributed by atoms with van der Waals surface area (Å²) in [6.07, 6.45) is 6.77. The van der Waals surface area contributed by atoms with E-state index in [1.807, 2.05) is 19.9 Å². The average molecular weight is 353 g/mol. The smallest absolute Gasteiger partial charge is 0.272 e. The minimum absolute atomic E-state index is 0.0774. The monoisotopic (exact) mass is 352 g/mol. The van der Waals surface area contributed by atoms with Gasteiger partial charge in [0.25, 0.3) is 5.69 Å². The van der Waals surface area contributed by atoms with Crippen LogP contribution in [0.15, 0.2) is 46.1 Å². The summed E-state index contributed by atoms with van der Waals surface area (Å²) < 4.78 is 0. The summed E-state index contributed by atoms with van der Waals surface area (Å²) in [5.41, 5.74) is 2.89. The summed E-state index contributed by atoms with van der Waals surface area (Å²) in [5, 5.41) is 26.3. The molecule has 0 bridgehead atoms. The summed E-state index contributed by atoms with van der Waals surface area (Å²) in [5.74, 6) is 0. The van der Waals surface area contributed by atoms with E-state index in [1.54, 1.807) is 6.08 Å². The van der Waals surface area contributed by atoms with Crippen LogP contribution in [-0.4, -0.2) is 16.1 Å². The van der Waals surface area contributed by atoms with Crippen molar-refractivity contribution in [2.45, 2.75) is 26.7 Å². The molecule has 0 atom stereocenters. The fourth-order valence-corrected chi connectivity index (χ4v) is 1.84. The highest BCUT2D eigenvalue weighted by molar-refractivity contribution is 6.29. The molecule has 0 heterocycles. The van der Waals surface area contributed by atoms with Crippen LogP contribution in [0, 0.1) is 20.2 Å². The van der Waals surface area contributed by atoms with Gasteiger partial charge < -0.3 is 0 Å². The number of nitrogens with one attached hydrogen (secondary N) is 1. The van der Waals surface area contributed by atoms with Crippen LogP contribution < -0.4 is 5.43 Å². The van der Waals surface area contributed by atoms with Crippen molar-refractivity contribution in [1.29, 1.82) is 0 Å². The first-order valence-corrected chi connectivity index (χ1v) is 7.39. The number of allylic oxidation sites excluding steroid dienone is 4. The molecule has 24 heavy (non-hydrogen) atoms. The Balaban J connectivity index is 2.74. The van der Waals surface area contributed by atoms with Gasteiger partial charge in [0.1, 0.15) is 5.69 Å². The summed E-state index contributed by atoms with van der Waals surface area (Å²) >= 11 is 5.74. The van der Waals surface area contributed by atoms with Crippen LogP contribution in [0.4, 0.5) is 17.1 Å². The number of nitro groups is 2. The van der Waals surface area contributed by atoms with Gasteiger partial charge >= 0.3 is 5.69 Å². The van der Waals surface area contributed by atoms with Crippen molar-refractivity contribution in [2.24, 2.45) is 5.10 Å². The molecule has 0 saturated heterocycles. The van der Waals surface area contributed by atoms with E-state index in [1.165, 1.54) is 18.3 Å². The molecule has 1 N–H and O–H groups in total. The molecule has 0 unspecified atom stereocenters. The molecular weight excluding hydrogens is 336 g/mol. The van der Waals surface area contributed by atoms with Gasteiger partial charge in [0, 0.05) is 17.3 Å². The predicted octanol–water partition coefficient (Wildman–Crippen LogP) is 4.77. The third kappa shape index (κ3) is 6.57. The van der Waals surface area contributed by atoms with Crippen molar-refractivity contribution >= 4 is 34.9 Å². The first kappa shape index (κ1) is 19.3. The van der Waals surface area contributed by atoms with Gasteiger partial charge in [-0.3, -0.25) is 25.7 Å². The average Bonchev–Trinajstić information content (AvgIpc) is 2.50. The third-order valence-corrected chi connectivity index (χ3v) is 3.13. The number of non-ortho nitro benzene ring substituents is 1. The van der Waals surface area contributed by atoms with Crippen LogP contribution >= 0.6 is 11.6 Å². The molecule has 128 valence electrons. The highest BCUT2D eigenvalue weighted by Crippen LogP contribution is 2.28. The number of halogens is 1. The number of nitro benzene ring substituents is 2. The minimum atomic E-state index is -0.702. The molecule has 9 heteroatoms. The maximum absolute atomic E-state index is 11.0. The largest absolute Gasteiger partial charge is 0.301 e. The summed E-state index contributed by atoms with van der Waals surface area (Å²) in [7, 11) is 0. The molecule has 0 fully saturated rings. The van der Waals surface area contributed by atoms with Crippen molar-refractivity contribution in [3.63, 3.8) is 0 Å². The molecule has 0 aliphatic carbocycles. The predicted molar refractivity (Wildman–Crippen MR) is 94.5 cm³/mol. The van der Waals surface area contributed by atoms with Gasteiger partial charge in [0.05, 0.1) is 15.9 Å². The van der Waals surface area contributed by atoms with Crippen LogP contribution in [0.2, 0.25) is 0 Å². The van der Waals surface area contributed by atoms with E-state index in [9.17, 15) is 20.2 Å². The Hall–Kier alpha value is -2.74. The zero-order valence-electron chi connectivity index (χ0n) is 13.2. The van der Waals surface area contributed by atoms with E-state index in [0.29, 0.717) is 0 Å². The van der Waals surface area contributed by atoms with Gasteiger partial charge in [0.15, 0.2) is 0 Å². The van der Waals surface area contributed by atoms with Crippen molar-refractivity contribution < 1.29 is 9.85 Å². The fourth-order valence-electron chi connectivity index (χ4n) is 1.73. The van der Waals surface area contributed by atoms with Crippen LogP contribution in [0.25, 0.3) is 0 Å². The zero-order chi connectivity index (χ0) is 18.1. The molecule has 1 rings (SSSR count). The lowest BCUT2D eigenvalue weighted by Gasteiger charge is -2.01. The van der Waals surface area contributed by atoms with E-state index in [0.717, 1.165) is 29.5 Å². The molecule has 0 radical (unpaired) electrons. The number of rotatable bonds is 8. The number of hydrazone groups is 1. The van der Waals surface area contributed by atoms with Crippen LogP contribution in [-0.2, 0) is 0 Å². The van der Waals surface area contributed by atoms with E-state index in [-0.39, 0.29) is 11.4 Å². The van der Waals surface area contributed by atoms with E-state index < -0.39 is 15.5 Å². The maximum atomic E-state index is 11.0. The van der Waals surface area contributed by atoms with Crippen LogP contribution in [0.3, 0.4) is 0 Å². The molecule has 0 spiro atoms. The van der Waals surface area contributed by atoms with Crippen LogP contribution in [0.1, 0.15) is 26.7 Å². The molecule has 0 aromatic heterocycles. The lowest BCUT2D eigenvalue weighted by molar-refractivity contribution is -0.393. The standard InChI is InChI=1S/C15H17ClN4O4/c1-11(4-3-5-12(2)16)8-9-17-18-14-7-6-13(19(21)22)10-15(14)20(23)24/h5-10,18H,3-4H2,1-2H3/b11-8+,12-5-,17-9+. The molecular formula is C15H17ClN4O4. The highest BCUT2D eigenvalue weighted by Gasteiger charge is 2.18. The Morgan fingerprint density at radius 2 is 2.00 bits per heavy atom. The third-order valence-electron chi connectivity index (χ3n) is 2.97. The quantitative estimate of drug-likeness (QED) is 0.411. The van der Waals surface area contributed by atoms with Gasteiger partial charge in [-0.2, -0.15) is 5.10 Å². The Bertz CT molecular complexity index is 709. The first-order valence-electron chi connectivity index (χ1n) is 7.01. The molecule has 8 nitrogen and oxygen atoms in total. The van der Waals surface area contributed by atoms with Gasteiger partial charge in [-0.05, 0) is 38.8 Å². The van der Waals surface area contributed by atoms with Crippen molar-refractivity contribution in [1.82, 2.24) is 0 Å². The molecule has 0 aliphatic heterocycles. The van der Waals surface area contributed by atoms with Crippen molar-refractivity contribution in [3.05, 3.63) is 61.2 Å². The van der Waals surface area contributed by atoms with Crippen molar-refractivity contribution in [3.8, 4) is 0 Å². The minimum Gasteiger partial charge on any atom is -0.272 e. The lowest BCUT2D eigenvalue weighted by Crippen LogP contribution is -1.98. The second kappa shape index (κ2) is 9.41. The molecule has 0 amide bonds. The maximum Gasteiger partial charge on any atom is 0.301 e. The second-order valence-electron chi connectivity index (χ2n) is 4.95. The van der Waals surface area contributed by atoms with Gasteiger partial charge in [-0.1, -0.05) is 23.3 Å². The van der Waals surface area contributed by atoms with E-state index in [2.05, 4.69) is 10.5 Å². The Labute approximate surface area is 143 Å². The van der Waals surface area contributed by atoms with Gasteiger partial charge in [-0.15, -0.1) is 0 Å². The summed E-state index contributed by atoms with van der Waals surface area (Å²) in [6.45, 7) is 3.74. The molecule has 1 aromatic carbocycles. The Kier molecular flexibility index (Phi) is 7.57. The second-order valence-corrected chi connectivity index (χ2v) is 5.54. The molecule has 0 aliphatic rings. The van der Waals surface area contributed by atoms with E-state index >= 15 is 0 Å². The molecule has 1 aromatic rings. The number of nitrogens with zero attached hydrogens (tertiary/aromatic N) is 3. The highest BCUT2D eigenvalue weighted by atomic mass is 35.5. The zero-order valence-corrected chi connectivity index (χ0v) is 14.0. The Morgan fingerprint density at radius 3 is 2.58 bits per heavy atom.